The van der Waals surface area contributed by atoms with E-state index in [9.17, 15) is 9.50 Å². The van der Waals surface area contributed by atoms with Gasteiger partial charge in [0.25, 0.3) is 0 Å². The summed E-state index contributed by atoms with van der Waals surface area (Å²) in [5, 5.41) is 13.8. The van der Waals surface area contributed by atoms with Gasteiger partial charge >= 0.3 is 0 Å². The first-order valence-corrected chi connectivity index (χ1v) is 9.48. The zero-order valence-electron chi connectivity index (χ0n) is 15.8. The summed E-state index contributed by atoms with van der Waals surface area (Å²) < 4.78 is 19.1. The third kappa shape index (κ3) is 4.54. The first-order valence-electron chi connectivity index (χ1n) is 9.10. The summed E-state index contributed by atoms with van der Waals surface area (Å²) in [4.78, 5) is 4.63. The minimum Gasteiger partial charge on any atom is -0.507 e. The number of pyridine rings is 1. The van der Waals surface area contributed by atoms with E-state index >= 15 is 0 Å². The fraction of sp³-hybridized carbons (Fsp3) is 0.227. The SMILES string of the molecule is CCCCNc1cc(-c2ccc(Cl)c(F)c2)cc(-c2ccc(OC)cc2O)n1. The van der Waals surface area contributed by atoms with Gasteiger partial charge in [-0.25, -0.2) is 9.37 Å². The minimum atomic E-state index is -0.481. The zero-order valence-corrected chi connectivity index (χ0v) is 16.6. The van der Waals surface area contributed by atoms with Gasteiger partial charge in [-0.2, -0.15) is 0 Å². The summed E-state index contributed by atoms with van der Waals surface area (Å²) in [6.45, 7) is 2.89. The number of methoxy groups -OCH3 is 1. The quantitative estimate of drug-likeness (QED) is 0.468. The molecule has 0 amide bonds. The second-order valence-corrected chi connectivity index (χ2v) is 6.83. The summed E-state index contributed by atoms with van der Waals surface area (Å²) in [5.41, 5.74) is 2.59. The molecule has 3 aromatic rings. The highest BCUT2D eigenvalue weighted by atomic mass is 35.5. The molecule has 146 valence electrons. The van der Waals surface area contributed by atoms with Crippen molar-refractivity contribution in [3.8, 4) is 33.9 Å². The van der Waals surface area contributed by atoms with Crippen LogP contribution in [0, 0.1) is 5.82 Å². The number of hydrogen-bond acceptors (Lipinski definition) is 4. The molecule has 28 heavy (non-hydrogen) atoms. The molecular weight excluding hydrogens is 379 g/mol. The first kappa shape index (κ1) is 20.0. The molecule has 1 aromatic heterocycles. The Kier molecular flexibility index (Phi) is 6.37. The number of halogens is 2. The number of aromatic nitrogens is 1. The number of nitrogens with one attached hydrogen (secondary N) is 1. The Bertz CT molecular complexity index is 979. The highest BCUT2D eigenvalue weighted by Crippen LogP contribution is 2.35. The number of benzene rings is 2. The Balaban J connectivity index is 2.08. The highest BCUT2D eigenvalue weighted by Gasteiger charge is 2.12. The van der Waals surface area contributed by atoms with Gasteiger partial charge in [0.2, 0.25) is 0 Å². The number of unbranched alkanes of at least 4 members (excludes halogenated alkanes) is 1. The lowest BCUT2D eigenvalue weighted by atomic mass is 10.0. The van der Waals surface area contributed by atoms with Gasteiger partial charge in [-0.15, -0.1) is 0 Å². The molecule has 1 heterocycles. The lowest BCUT2D eigenvalue weighted by Crippen LogP contribution is -2.04. The fourth-order valence-electron chi connectivity index (χ4n) is 2.85. The van der Waals surface area contributed by atoms with Crippen molar-refractivity contribution >= 4 is 17.4 Å². The Morgan fingerprint density at radius 1 is 1.11 bits per heavy atom. The van der Waals surface area contributed by atoms with Gasteiger partial charge in [-0.1, -0.05) is 31.0 Å². The van der Waals surface area contributed by atoms with Crippen molar-refractivity contribution in [2.24, 2.45) is 0 Å². The monoisotopic (exact) mass is 400 g/mol. The van der Waals surface area contributed by atoms with Crippen LogP contribution < -0.4 is 10.1 Å². The van der Waals surface area contributed by atoms with E-state index in [1.165, 1.54) is 25.3 Å². The molecule has 0 bridgehead atoms. The molecule has 0 fully saturated rings. The maximum absolute atomic E-state index is 14.0. The van der Waals surface area contributed by atoms with Gasteiger partial charge in [0.15, 0.2) is 0 Å². The third-order valence-corrected chi connectivity index (χ3v) is 4.70. The molecule has 0 spiro atoms. The summed E-state index contributed by atoms with van der Waals surface area (Å²) in [6, 6.07) is 13.4. The van der Waals surface area contributed by atoms with Gasteiger partial charge < -0.3 is 15.2 Å². The maximum atomic E-state index is 14.0. The molecule has 0 saturated carbocycles. The van der Waals surface area contributed by atoms with Gasteiger partial charge in [0, 0.05) is 18.2 Å². The van der Waals surface area contributed by atoms with Crippen molar-refractivity contribution in [1.29, 1.82) is 0 Å². The Labute approximate surface area is 169 Å². The average molecular weight is 401 g/mol. The molecule has 0 aliphatic heterocycles. The van der Waals surface area contributed by atoms with Crippen molar-refractivity contribution in [1.82, 2.24) is 4.98 Å². The van der Waals surface area contributed by atoms with E-state index in [-0.39, 0.29) is 10.8 Å². The highest BCUT2D eigenvalue weighted by molar-refractivity contribution is 6.30. The van der Waals surface area contributed by atoms with Crippen LogP contribution in [0.3, 0.4) is 0 Å². The standard InChI is InChI=1S/C22H22ClFN2O2/c1-3-4-9-25-22-12-15(14-5-8-18(23)19(24)10-14)11-20(26-22)17-7-6-16(28-2)13-21(17)27/h5-8,10-13,27H,3-4,9H2,1-2H3,(H,25,26). The Morgan fingerprint density at radius 2 is 1.93 bits per heavy atom. The number of ether oxygens (including phenoxy) is 1. The van der Waals surface area contributed by atoms with E-state index in [4.69, 9.17) is 16.3 Å². The van der Waals surface area contributed by atoms with Gasteiger partial charge in [0.1, 0.15) is 23.1 Å². The minimum absolute atomic E-state index is 0.0609. The van der Waals surface area contributed by atoms with Crippen LogP contribution in [0.25, 0.3) is 22.4 Å². The number of nitrogens with zero attached hydrogens (tertiary/aromatic N) is 1. The summed E-state index contributed by atoms with van der Waals surface area (Å²) >= 11 is 5.82. The summed E-state index contributed by atoms with van der Waals surface area (Å²) in [7, 11) is 1.54. The zero-order chi connectivity index (χ0) is 20.1. The summed E-state index contributed by atoms with van der Waals surface area (Å²) in [6.07, 6.45) is 2.06. The molecular formula is C22H22ClFN2O2. The van der Waals surface area contributed by atoms with Crippen molar-refractivity contribution < 1.29 is 14.2 Å². The van der Waals surface area contributed by atoms with Crippen LogP contribution in [-0.4, -0.2) is 23.7 Å². The second kappa shape index (κ2) is 8.93. The Morgan fingerprint density at radius 3 is 2.61 bits per heavy atom. The van der Waals surface area contributed by atoms with E-state index in [2.05, 4.69) is 17.2 Å². The molecule has 0 aliphatic carbocycles. The van der Waals surface area contributed by atoms with E-state index < -0.39 is 5.82 Å². The van der Waals surface area contributed by atoms with Gasteiger partial charge in [-0.05, 0) is 53.9 Å². The van der Waals surface area contributed by atoms with E-state index in [1.807, 2.05) is 12.1 Å². The van der Waals surface area contributed by atoms with Crippen LogP contribution in [0.5, 0.6) is 11.5 Å². The predicted molar refractivity (Wildman–Crippen MR) is 112 cm³/mol. The lowest BCUT2D eigenvalue weighted by molar-refractivity contribution is 0.408. The molecule has 0 aliphatic rings. The molecule has 0 saturated heterocycles. The fourth-order valence-corrected chi connectivity index (χ4v) is 2.97. The topological polar surface area (TPSA) is 54.4 Å². The first-order chi connectivity index (χ1) is 13.5. The smallest absolute Gasteiger partial charge is 0.142 e. The molecule has 4 nitrogen and oxygen atoms in total. The van der Waals surface area contributed by atoms with Gasteiger partial charge in [0.05, 0.1) is 17.8 Å². The molecule has 0 radical (unpaired) electrons. The molecule has 6 heteroatoms. The maximum Gasteiger partial charge on any atom is 0.142 e. The largest absolute Gasteiger partial charge is 0.507 e. The third-order valence-electron chi connectivity index (χ3n) is 4.40. The van der Waals surface area contributed by atoms with Crippen LogP contribution in [0.4, 0.5) is 10.2 Å². The number of rotatable bonds is 7. The van der Waals surface area contributed by atoms with Crippen LogP contribution in [0.2, 0.25) is 5.02 Å². The number of phenolic OH excluding ortho intramolecular Hbond substituents is 1. The van der Waals surface area contributed by atoms with Gasteiger partial charge in [-0.3, -0.25) is 0 Å². The lowest BCUT2D eigenvalue weighted by Gasteiger charge is -2.13. The number of phenols is 1. The van der Waals surface area contributed by atoms with Crippen molar-refractivity contribution in [2.45, 2.75) is 19.8 Å². The average Bonchev–Trinajstić information content (AvgIpc) is 2.70. The van der Waals surface area contributed by atoms with Crippen molar-refractivity contribution in [3.05, 3.63) is 59.4 Å². The van der Waals surface area contributed by atoms with E-state index in [1.54, 1.807) is 18.2 Å². The van der Waals surface area contributed by atoms with Crippen LogP contribution >= 0.6 is 11.6 Å². The van der Waals surface area contributed by atoms with Crippen molar-refractivity contribution in [2.75, 3.05) is 19.0 Å². The number of anilines is 1. The summed E-state index contributed by atoms with van der Waals surface area (Å²) in [5.74, 6) is 0.793. The number of hydrogen-bond donors (Lipinski definition) is 2. The van der Waals surface area contributed by atoms with E-state index in [0.717, 1.165) is 24.9 Å². The second-order valence-electron chi connectivity index (χ2n) is 6.42. The molecule has 3 rings (SSSR count). The predicted octanol–water partition coefficient (Wildman–Crippen LogP) is 6.13. The molecule has 0 atom stereocenters. The normalized spacial score (nSPS) is 10.7. The molecule has 2 aromatic carbocycles. The number of aromatic hydroxyl groups is 1. The van der Waals surface area contributed by atoms with Crippen LogP contribution in [-0.2, 0) is 0 Å². The van der Waals surface area contributed by atoms with Crippen LogP contribution in [0.15, 0.2) is 48.5 Å². The Hall–Kier alpha value is -2.79. The van der Waals surface area contributed by atoms with Crippen LogP contribution in [0.1, 0.15) is 19.8 Å². The van der Waals surface area contributed by atoms with E-state index in [0.29, 0.717) is 28.4 Å². The molecule has 0 unspecified atom stereocenters. The van der Waals surface area contributed by atoms with Crippen molar-refractivity contribution in [3.63, 3.8) is 0 Å². The molecule has 2 N–H and O–H groups in total.